The summed E-state index contributed by atoms with van der Waals surface area (Å²) in [5.41, 5.74) is 3.54. The minimum Gasteiger partial charge on any atom is -0.494 e. The van der Waals surface area contributed by atoms with Crippen LogP contribution < -0.4 is 4.74 Å². The molecule has 0 aliphatic carbocycles. The molecule has 0 radical (unpaired) electrons. The van der Waals surface area contributed by atoms with Crippen molar-refractivity contribution in [2.75, 3.05) is 13.7 Å². The molecular formula is C22H19N3O2S2. The van der Waals surface area contributed by atoms with Gasteiger partial charge in [-0.15, -0.1) is 0 Å². The van der Waals surface area contributed by atoms with Crippen LogP contribution in [0.25, 0.3) is 23.0 Å². The van der Waals surface area contributed by atoms with E-state index in [-0.39, 0.29) is 5.91 Å². The lowest BCUT2D eigenvalue weighted by Gasteiger charge is -2.05. The molecule has 0 unspecified atom stereocenters. The quantitative estimate of drug-likeness (QED) is 0.439. The van der Waals surface area contributed by atoms with E-state index in [4.69, 9.17) is 22.1 Å². The van der Waals surface area contributed by atoms with E-state index >= 15 is 0 Å². The topological polar surface area (TPSA) is 47.4 Å². The van der Waals surface area contributed by atoms with Crippen LogP contribution in [0.4, 0.5) is 0 Å². The summed E-state index contributed by atoms with van der Waals surface area (Å²) in [5, 5.41) is 4.80. The fourth-order valence-corrected chi connectivity index (χ4v) is 4.16. The normalized spacial score (nSPS) is 15.4. The van der Waals surface area contributed by atoms with Crippen LogP contribution in [-0.4, -0.2) is 38.6 Å². The first kappa shape index (κ1) is 19.4. The van der Waals surface area contributed by atoms with E-state index in [9.17, 15) is 4.79 Å². The van der Waals surface area contributed by atoms with Gasteiger partial charge in [-0.1, -0.05) is 42.2 Å². The van der Waals surface area contributed by atoms with E-state index in [1.54, 1.807) is 7.05 Å². The third-order valence-corrected chi connectivity index (χ3v) is 5.96. The van der Waals surface area contributed by atoms with Gasteiger partial charge in [-0.25, -0.2) is 4.68 Å². The summed E-state index contributed by atoms with van der Waals surface area (Å²) in [6.45, 7) is 2.57. The largest absolute Gasteiger partial charge is 0.494 e. The maximum absolute atomic E-state index is 12.5. The summed E-state index contributed by atoms with van der Waals surface area (Å²) in [4.78, 5) is 14.6. The SMILES string of the molecule is CCOc1ccc(-c2nn(-c3ccccc3)cc2/C=C2/SC(=S)N(C)C2=O)cc1. The van der Waals surface area contributed by atoms with E-state index in [1.807, 2.05) is 78.5 Å². The minimum atomic E-state index is -0.0925. The van der Waals surface area contributed by atoms with Crippen molar-refractivity contribution in [3.8, 4) is 22.7 Å². The second-order valence-electron chi connectivity index (χ2n) is 6.41. The van der Waals surface area contributed by atoms with Crippen molar-refractivity contribution in [2.45, 2.75) is 6.92 Å². The molecule has 1 amide bonds. The minimum absolute atomic E-state index is 0.0925. The highest BCUT2D eigenvalue weighted by atomic mass is 32.2. The first-order valence-electron chi connectivity index (χ1n) is 9.16. The number of hydrogen-bond acceptors (Lipinski definition) is 5. The van der Waals surface area contributed by atoms with Crippen molar-refractivity contribution in [1.82, 2.24) is 14.7 Å². The smallest absolute Gasteiger partial charge is 0.265 e. The first-order valence-corrected chi connectivity index (χ1v) is 10.4. The van der Waals surface area contributed by atoms with Crippen LogP contribution in [0.5, 0.6) is 5.75 Å². The molecule has 29 heavy (non-hydrogen) atoms. The number of aromatic nitrogens is 2. The number of nitrogens with zero attached hydrogens (tertiary/aromatic N) is 3. The van der Waals surface area contributed by atoms with Crippen molar-refractivity contribution in [2.24, 2.45) is 0 Å². The van der Waals surface area contributed by atoms with Gasteiger partial charge in [-0.05, 0) is 49.4 Å². The molecule has 7 heteroatoms. The van der Waals surface area contributed by atoms with E-state index in [1.165, 1.54) is 16.7 Å². The number of ether oxygens (including phenoxy) is 1. The Hall–Kier alpha value is -2.90. The van der Waals surface area contributed by atoms with E-state index in [2.05, 4.69) is 0 Å². The Morgan fingerprint density at radius 3 is 2.48 bits per heavy atom. The van der Waals surface area contributed by atoms with Crippen LogP contribution in [0.15, 0.2) is 65.7 Å². The van der Waals surface area contributed by atoms with Gasteiger partial charge in [0.05, 0.1) is 22.9 Å². The Balaban J connectivity index is 1.79. The second-order valence-corrected chi connectivity index (χ2v) is 8.09. The number of hydrogen-bond donors (Lipinski definition) is 0. The number of amides is 1. The van der Waals surface area contributed by atoms with Crippen LogP contribution >= 0.6 is 24.0 Å². The molecule has 1 aliphatic rings. The summed E-state index contributed by atoms with van der Waals surface area (Å²) in [7, 11) is 1.69. The lowest BCUT2D eigenvalue weighted by atomic mass is 10.1. The third-order valence-electron chi connectivity index (χ3n) is 4.48. The molecule has 2 aromatic carbocycles. The fraction of sp³-hybridized carbons (Fsp3) is 0.136. The highest BCUT2D eigenvalue weighted by Crippen LogP contribution is 2.34. The maximum Gasteiger partial charge on any atom is 0.265 e. The van der Waals surface area contributed by atoms with Crippen molar-refractivity contribution >= 4 is 40.3 Å². The predicted octanol–water partition coefficient (Wildman–Crippen LogP) is 4.77. The zero-order valence-corrected chi connectivity index (χ0v) is 17.7. The summed E-state index contributed by atoms with van der Waals surface area (Å²) >= 11 is 6.56. The van der Waals surface area contributed by atoms with Crippen LogP contribution in [0.3, 0.4) is 0 Å². The predicted molar refractivity (Wildman–Crippen MR) is 121 cm³/mol. The highest BCUT2D eigenvalue weighted by Gasteiger charge is 2.29. The number of carbonyl (C=O) groups is 1. The third kappa shape index (κ3) is 3.97. The van der Waals surface area contributed by atoms with Gasteiger partial charge in [0.1, 0.15) is 10.1 Å². The van der Waals surface area contributed by atoms with Gasteiger partial charge >= 0.3 is 0 Å². The van der Waals surface area contributed by atoms with Gasteiger partial charge in [0.2, 0.25) is 0 Å². The average Bonchev–Trinajstić information content (AvgIpc) is 3.27. The Labute approximate surface area is 179 Å². The van der Waals surface area contributed by atoms with E-state index in [0.29, 0.717) is 15.8 Å². The number of rotatable bonds is 5. The van der Waals surface area contributed by atoms with Gasteiger partial charge in [0, 0.05) is 24.4 Å². The number of carbonyl (C=O) groups excluding carboxylic acids is 1. The standard InChI is InChI=1S/C22H19N3O2S2/c1-3-27-18-11-9-15(10-12-18)20-16(13-19-21(26)24(2)22(28)29-19)14-25(23-20)17-7-5-4-6-8-17/h4-14H,3H2,1-2H3/b19-13+. The molecule has 5 nitrogen and oxygen atoms in total. The Bertz CT molecular complexity index is 1090. The molecule has 0 N–H and O–H groups in total. The van der Waals surface area contributed by atoms with Gasteiger partial charge in [-0.2, -0.15) is 5.10 Å². The molecule has 0 atom stereocenters. The van der Waals surface area contributed by atoms with Gasteiger partial charge in [0.25, 0.3) is 5.91 Å². The first-order chi connectivity index (χ1) is 14.1. The van der Waals surface area contributed by atoms with Gasteiger partial charge in [0.15, 0.2) is 0 Å². The zero-order chi connectivity index (χ0) is 20.4. The fourth-order valence-electron chi connectivity index (χ4n) is 2.99. The van der Waals surface area contributed by atoms with Crippen LogP contribution in [0, 0.1) is 0 Å². The van der Waals surface area contributed by atoms with E-state index < -0.39 is 0 Å². The summed E-state index contributed by atoms with van der Waals surface area (Å²) < 4.78 is 7.92. The molecule has 0 spiro atoms. The highest BCUT2D eigenvalue weighted by molar-refractivity contribution is 8.26. The van der Waals surface area contributed by atoms with Crippen molar-refractivity contribution in [3.05, 3.63) is 71.3 Å². The number of thiocarbonyl (C=S) groups is 1. The molecule has 146 valence electrons. The number of likely N-dealkylation sites (N-methyl/N-ethyl adjacent to an activating group) is 1. The second kappa shape index (κ2) is 8.23. The molecule has 4 rings (SSSR count). The molecule has 3 aromatic rings. The number of para-hydroxylation sites is 1. The van der Waals surface area contributed by atoms with Crippen LogP contribution in [0.1, 0.15) is 12.5 Å². The number of benzene rings is 2. The monoisotopic (exact) mass is 421 g/mol. The number of thioether (sulfide) groups is 1. The van der Waals surface area contributed by atoms with E-state index in [0.717, 1.165) is 28.3 Å². The lowest BCUT2D eigenvalue weighted by molar-refractivity contribution is -0.121. The van der Waals surface area contributed by atoms with Crippen LogP contribution in [-0.2, 0) is 4.79 Å². The van der Waals surface area contributed by atoms with Crippen molar-refractivity contribution in [3.63, 3.8) is 0 Å². The Kier molecular flexibility index (Phi) is 5.51. The van der Waals surface area contributed by atoms with Crippen LogP contribution in [0.2, 0.25) is 0 Å². The van der Waals surface area contributed by atoms with Crippen molar-refractivity contribution < 1.29 is 9.53 Å². The van der Waals surface area contributed by atoms with Gasteiger partial charge in [-0.3, -0.25) is 9.69 Å². The van der Waals surface area contributed by atoms with Gasteiger partial charge < -0.3 is 4.74 Å². The molecule has 1 fully saturated rings. The molecule has 1 aromatic heterocycles. The maximum atomic E-state index is 12.5. The average molecular weight is 422 g/mol. The molecule has 1 saturated heterocycles. The molecule has 0 bridgehead atoms. The summed E-state index contributed by atoms with van der Waals surface area (Å²) in [5.74, 6) is 0.720. The lowest BCUT2D eigenvalue weighted by Crippen LogP contribution is -2.22. The summed E-state index contributed by atoms with van der Waals surface area (Å²) in [6.07, 6.45) is 3.80. The van der Waals surface area contributed by atoms with Crippen molar-refractivity contribution in [1.29, 1.82) is 0 Å². The summed E-state index contributed by atoms with van der Waals surface area (Å²) in [6, 6.07) is 17.7. The molecular weight excluding hydrogens is 402 g/mol. The Morgan fingerprint density at radius 2 is 1.86 bits per heavy atom. The molecule has 0 saturated carbocycles. The molecule has 1 aliphatic heterocycles. The Morgan fingerprint density at radius 1 is 1.14 bits per heavy atom. The molecule has 2 heterocycles. The zero-order valence-electron chi connectivity index (χ0n) is 16.0.